The molecule has 0 saturated heterocycles. The van der Waals surface area contributed by atoms with Gasteiger partial charge in [-0.05, 0) is 24.1 Å². The molecule has 3 N–H and O–H groups in total. The fourth-order valence-electron chi connectivity index (χ4n) is 2.03. The monoisotopic (exact) mass is 308 g/mol. The van der Waals surface area contributed by atoms with Crippen molar-refractivity contribution < 1.29 is 8.42 Å². The van der Waals surface area contributed by atoms with Crippen LogP contribution in [0, 0.1) is 0 Å². The molecule has 0 aliphatic heterocycles. The molecule has 2 aromatic rings. The van der Waals surface area contributed by atoms with Gasteiger partial charge in [0.25, 0.3) is 0 Å². The highest BCUT2D eigenvalue weighted by Crippen LogP contribution is 2.09. The van der Waals surface area contributed by atoms with Gasteiger partial charge in [-0.1, -0.05) is 19.1 Å². The third-order valence-corrected chi connectivity index (χ3v) is 3.94. The Morgan fingerprint density at radius 3 is 2.76 bits per heavy atom. The lowest BCUT2D eigenvalue weighted by atomic mass is 10.2. The first-order chi connectivity index (χ1) is 9.99. The number of rotatable bonds is 7. The maximum atomic E-state index is 11.3. The van der Waals surface area contributed by atoms with Gasteiger partial charge < -0.3 is 5.32 Å². The molecule has 0 atom stereocenters. The number of nitrogens with one attached hydrogen (secondary N) is 1. The Bertz CT molecular complexity index is 695. The number of nitrogens with two attached hydrogens (primary N) is 1. The van der Waals surface area contributed by atoms with Crippen molar-refractivity contribution in [2.24, 2.45) is 5.14 Å². The number of sulfonamides is 1. The van der Waals surface area contributed by atoms with Crippen molar-refractivity contribution in [1.82, 2.24) is 15.1 Å². The SMILES string of the molecule is CCCn1cc(CNCc2cccc(S(N)(=O)=O)c2)cn1. The van der Waals surface area contributed by atoms with Crippen LogP contribution in [-0.2, 0) is 29.7 Å². The lowest BCUT2D eigenvalue weighted by molar-refractivity contribution is 0.597. The van der Waals surface area contributed by atoms with Gasteiger partial charge in [-0.3, -0.25) is 4.68 Å². The zero-order valence-corrected chi connectivity index (χ0v) is 12.8. The van der Waals surface area contributed by atoms with Crippen LogP contribution in [0.1, 0.15) is 24.5 Å². The first-order valence-electron chi connectivity index (χ1n) is 6.83. The molecule has 0 unspecified atom stereocenters. The number of primary sulfonamides is 1. The first-order valence-corrected chi connectivity index (χ1v) is 8.37. The van der Waals surface area contributed by atoms with Crippen LogP contribution in [-0.4, -0.2) is 18.2 Å². The minimum Gasteiger partial charge on any atom is -0.309 e. The van der Waals surface area contributed by atoms with Crippen LogP contribution in [0.3, 0.4) is 0 Å². The predicted octanol–water partition coefficient (Wildman–Crippen LogP) is 1.23. The summed E-state index contributed by atoms with van der Waals surface area (Å²) in [6.45, 7) is 4.28. The molecule has 7 heteroatoms. The zero-order chi connectivity index (χ0) is 15.3. The fraction of sp³-hybridized carbons (Fsp3) is 0.357. The summed E-state index contributed by atoms with van der Waals surface area (Å²) in [5.74, 6) is 0. The molecule has 21 heavy (non-hydrogen) atoms. The van der Waals surface area contributed by atoms with E-state index in [1.54, 1.807) is 12.1 Å². The van der Waals surface area contributed by atoms with Crippen LogP contribution < -0.4 is 10.5 Å². The Morgan fingerprint density at radius 1 is 1.29 bits per heavy atom. The minimum atomic E-state index is -3.65. The lowest BCUT2D eigenvalue weighted by Gasteiger charge is -2.05. The second kappa shape index (κ2) is 6.84. The molecular weight excluding hydrogens is 288 g/mol. The second-order valence-corrected chi connectivity index (χ2v) is 6.47. The van der Waals surface area contributed by atoms with E-state index in [1.165, 1.54) is 6.07 Å². The molecule has 6 nitrogen and oxygen atoms in total. The largest absolute Gasteiger partial charge is 0.309 e. The van der Waals surface area contributed by atoms with Gasteiger partial charge in [-0.25, -0.2) is 13.6 Å². The van der Waals surface area contributed by atoms with Crippen molar-refractivity contribution in [3.05, 3.63) is 47.8 Å². The molecule has 2 rings (SSSR count). The summed E-state index contributed by atoms with van der Waals surface area (Å²) in [7, 11) is -3.65. The number of aryl methyl sites for hydroxylation is 1. The third kappa shape index (κ3) is 4.66. The van der Waals surface area contributed by atoms with Crippen LogP contribution in [0.2, 0.25) is 0 Å². The highest BCUT2D eigenvalue weighted by molar-refractivity contribution is 7.89. The normalized spacial score (nSPS) is 11.7. The predicted molar refractivity (Wildman–Crippen MR) is 80.9 cm³/mol. The Morgan fingerprint density at radius 2 is 2.05 bits per heavy atom. The minimum absolute atomic E-state index is 0.137. The van der Waals surface area contributed by atoms with Gasteiger partial charge in [0.2, 0.25) is 10.0 Å². The summed E-state index contributed by atoms with van der Waals surface area (Å²) in [6, 6.07) is 6.63. The quantitative estimate of drug-likeness (QED) is 0.805. The van der Waals surface area contributed by atoms with E-state index in [4.69, 9.17) is 5.14 Å². The molecule has 114 valence electrons. The van der Waals surface area contributed by atoms with Gasteiger partial charge >= 0.3 is 0 Å². The van der Waals surface area contributed by atoms with E-state index >= 15 is 0 Å². The van der Waals surface area contributed by atoms with Crippen LogP contribution in [0.5, 0.6) is 0 Å². The van der Waals surface area contributed by atoms with E-state index in [1.807, 2.05) is 23.1 Å². The van der Waals surface area contributed by atoms with E-state index < -0.39 is 10.0 Å². The van der Waals surface area contributed by atoms with Crippen LogP contribution in [0.4, 0.5) is 0 Å². The summed E-state index contributed by atoms with van der Waals surface area (Å²) < 4.78 is 24.5. The Labute approximate surface area is 125 Å². The molecular formula is C14H20N4O2S. The van der Waals surface area contributed by atoms with Crippen LogP contribution in [0.25, 0.3) is 0 Å². The highest BCUT2D eigenvalue weighted by Gasteiger charge is 2.07. The molecule has 1 aromatic carbocycles. The maximum absolute atomic E-state index is 11.3. The van der Waals surface area contributed by atoms with Crippen molar-refractivity contribution >= 4 is 10.0 Å². The summed E-state index contributed by atoms with van der Waals surface area (Å²) in [5.41, 5.74) is 1.98. The van der Waals surface area contributed by atoms with Gasteiger partial charge in [-0.2, -0.15) is 5.10 Å². The molecule has 0 amide bonds. The van der Waals surface area contributed by atoms with Crippen molar-refractivity contribution in [1.29, 1.82) is 0 Å². The van der Waals surface area contributed by atoms with Crippen molar-refractivity contribution in [3.8, 4) is 0 Å². The third-order valence-electron chi connectivity index (χ3n) is 3.02. The van der Waals surface area contributed by atoms with Gasteiger partial charge in [0.05, 0.1) is 11.1 Å². The van der Waals surface area contributed by atoms with Crippen molar-refractivity contribution in [2.75, 3.05) is 0 Å². The number of aromatic nitrogens is 2. The van der Waals surface area contributed by atoms with Crippen LogP contribution >= 0.6 is 0 Å². The Kier molecular flexibility index (Phi) is 5.11. The van der Waals surface area contributed by atoms with Crippen molar-refractivity contribution in [3.63, 3.8) is 0 Å². The molecule has 0 spiro atoms. The smallest absolute Gasteiger partial charge is 0.238 e. The summed E-state index contributed by atoms with van der Waals surface area (Å²) >= 11 is 0. The second-order valence-electron chi connectivity index (χ2n) is 4.91. The van der Waals surface area contributed by atoms with Gasteiger partial charge in [0.15, 0.2) is 0 Å². The molecule has 0 radical (unpaired) electrons. The number of hydrogen-bond donors (Lipinski definition) is 2. The van der Waals surface area contributed by atoms with Gasteiger partial charge in [-0.15, -0.1) is 0 Å². The lowest BCUT2D eigenvalue weighted by Crippen LogP contribution is -2.15. The van der Waals surface area contributed by atoms with E-state index in [0.717, 1.165) is 24.1 Å². The number of benzene rings is 1. The van der Waals surface area contributed by atoms with E-state index in [-0.39, 0.29) is 4.90 Å². The number of hydrogen-bond acceptors (Lipinski definition) is 4. The van der Waals surface area contributed by atoms with Gasteiger partial charge in [0.1, 0.15) is 0 Å². The summed E-state index contributed by atoms with van der Waals surface area (Å²) in [4.78, 5) is 0.137. The van der Waals surface area contributed by atoms with Crippen LogP contribution in [0.15, 0.2) is 41.6 Å². The average molecular weight is 308 g/mol. The molecule has 0 saturated carbocycles. The molecule has 1 aromatic heterocycles. The topological polar surface area (TPSA) is 90.0 Å². The molecule has 1 heterocycles. The van der Waals surface area contributed by atoms with E-state index in [2.05, 4.69) is 17.3 Å². The Balaban J connectivity index is 1.91. The fourth-order valence-corrected chi connectivity index (χ4v) is 2.62. The maximum Gasteiger partial charge on any atom is 0.238 e. The summed E-state index contributed by atoms with van der Waals surface area (Å²) in [5, 5.41) is 12.6. The average Bonchev–Trinajstić information content (AvgIpc) is 2.86. The summed E-state index contributed by atoms with van der Waals surface area (Å²) in [6.07, 6.45) is 4.90. The zero-order valence-electron chi connectivity index (χ0n) is 12.0. The standard InChI is InChI=1S/C14H20N4O2S/c1-2-6-18-11-13(10-17-18)9-16-8-12-4-3-5-14(7-12)21(15,19)20/h3-5,7,10-11,16H,2,6,8-9H2,1H3,(H2,15,19,20). The molecule has 0 bridgehead atoms. The molecule has 0 fully saturated rings. The van der Waals surface area contributed by atoms with E-state index in [0.29, 0.717) is 13.1 Å². The highest BCUT2D eigenvalue weighted by atomic mass is 32.2. The molecule has 0 aliphatic carbocycles. The van der Waals surface area contributed by atoms with Crippen molar-refractivity contribution in [2.45, 2.75) is 37.9 Å². The van der Waals surface area contributed by atoms with E-state index in [9.17, 15) is 8.42 Å². The first kappa shape index (κ1) is 15.7. The Hall–Kier alpha value is -1.70. The molecule has 0 aliphatic rings. The van der Waals surface area contributed by atoms with Gasteiger partial charge in [0, 0.05) is 31.4 Å². The number of nitrogens with zero attached hydrogens (tertiary/aromatic N) is 2.